The highest BCUT2D eigenvalue weighted by atomic mass is 32.2. The van der Waals surface area contributed by atoms with Crippen LogP contribution in [-0.2, 0) is 14.9 Å². The minimum atomic E-state index is -3.49. The van der Waals surface area contributed by atoms with Crippen LogP contribution in [0.1, 0.15) is 11.8 Å². The molecule has 1 saturated heterocycles. The summed E-state index contributed by atoms with van der Waals surface area (Å²) in [7, 11) is 1.15. The molecule has 8 nitrogen and oxygen atoms in total. The Kier molecular flexibility index (Phi) is 5.52. The fraction of sp³-hybridized carbons (Fsp3) is 0.412. The summed E-state index contributed by atoms with van der Waals surface area (Å²) in [6.45, 7) is 0.833. The minimum absolute atomic E-state index is 0.205. The predicted octanol–water partition coefficient (Wildman–Crippen LogP) is 1.33. The molecule has 0 unspecified atom stereocenters. The Bertz CT molecular complexity index is 873. The maximum Gasteiger partial charge on any atom is 0.281 e. The van der Waals surface area contributed by atoms with Crippen LogP contribution in [-0.4, -0.2) is 67.9 Å². The normalized spacial score (nSPS) is 18.8. The van der Waals surface area contributed by atoms with E-state index in [0.717, 1.165) is 11.3 Å². The number of benzene rings is 1. The van der Waals surface area contributed by atoms with Crippen molar-refractivity contribution < 1.29 is 17.9 Å². The number of aromatic nitrogens is 2. The predicted molar refractivity (Wildman–Crippen MR) is 96.9 cm³/mol. The number of rotatable bonds is 5. The second-order valence-corrected chi connectivity index (χ2v) is 8.21. The van der Waals surface area contributed by atoms with Gasteiger partial charge in [0.2, 0.25) is 0 Å². The van der Waals surface area contributed by atoms with Crippen molar-refractivity contribution in [1.82, 2.24) is 18.6 Å². The van der Waals surface area contributed by atoms with Gasteiger partial charge in [-0.05, 0) is 12.1 Å². The van der Waals surface area contributed by atoms with E-state index in [1.54, 1.807) is 19.5 Å². The molecule has 9 heteroatoms. The first kappa shape index (κ1) is 18.7. The lowest BCUT2D eigenvalue weighted by molar-refractivity contribution is -0.00637. The van der Waals surface area contributed by atoms with Gasteiger partial charge in [-0.3, -0.25) is 4.98 Å². The molecule has 0 N–H and O–H groups in total. The molecular weight excluding hydrogens is 356 g/mol. The molecule has 1 fully saturated rings. The summed E-state index contributed by atoms with van der Waals surface area (Å²) in [5.74, 6) is 0.729. The third-order valence-electron chi connectivity index (χ3n) is 4.17. The number of nitrogens with zero attached hydrogens (tertiary/aromatic N) is 4. The summed E-state index contributed by atoms with van der Waals surface area (Å²) in [5.41, 5.74) is 2.15. The molecule has 1 aliphatic heterocycles. The maximum absolute atomic E-state index is 12.4. The van der Waals surface area contributed by atoms with E-state index in [0.29, 0.717) is 24.5 Å². The third-order valence-corrected chi connectivity index (χ3v) is 6.07. The largest absolute Gasteiger partial charge is 0.497 e. The van der Waals surface area contributed by atoms with Gasteiger partial charge in [-0.25, -0.2) is 4.98 Å². The summed E-state index contributed by atoms with van der Waals surface area (Å²) in [4.78, 5) is 8.88. The summed E-state index contributed by atoms with van der Waals surface area (Å²) in [5, 5.41) is 0. The standard InChI is InChI=1S/C17H22N4O4S/c1-20(2)26(22,23)21-7-8-25-17(12-21)16-11-18-10-15(19-16)13-5-4-6-14(9-13)24-3/h4-6,9-11,17H,7-8,12H2,1-3H3/t17-/m0/s1. The van der Waals surface area contributed by atoms with Crippen molar-refractivity contribution in [2.24, 2.45) is 0 Å². The van der Waals surface area contributed by atoms with E-state index in [1.165, 1.54) is 22.7 Å². The van der Waals surface area contributed by atoms with Crippen molar-refractivity contribution in [3.8, 4) is 17.0 Å². The van der Waals surface area contributed by atoms with Gasteiger partial charge in [0.05, 0.1) is 37.5 Å². The number of methoxy groups -OCH3 is 1. The minimum Gasteiger partial charge on any atom is -0.497 e. The monoisotopic (exact) mass is 378 g/mol. The van der Waals surface area contributed by atoms with E-state index in [-0.39, 0.29) is 6.54 Å². The van der Waals surface area contributed by atoms with Gasteiger partial charge < -0.3 is 9.47 Å². The zero-order valence-electron chi connectivity index (χ0n) is 15.0. The molecule has 3 rings (SSSR count). The Morgan fingerprint density at radius 1 is 1.31 bits per heavy atom. The second kappa shape index (κ2) is 7.67. The first-order valence-electron chi connectivity index (χ1n) is 8.17. The van der Waals surface area contributed by atoms with Crippen LogP contribution in [0.25, 0.3) is 11.3 Å². The number of morpholine rings is 1. The number of ether oxygens (including phenoxy) is 2. The average Bonchev–Trinajstić information content (AvgIpc) is 2.68. The van der Waals surface area contributed by atoms with Crippen LogP contribution >= 0.6 is 0 Å². The van der Waals surface area contributed by atoms with Crippen LogP contribution in [0.15, 0.2) is 36.7 Å². The van der Waals surface area contributed by atoms with Gasteiger partial charge in [0.25, 0.3) is 10.2 Å². The van der Waals surface area contributed by atoms with Crippen molar-refractivity contribution >= 4 is 10.2 Å². The Morgan fingerprint density at radius 2 is 2.12 bits per heavy atom. The van der Waals surface area contributed by atoms with E-state index >= 15 is 0 Å². The molecule has 1 aliphatic rings. The Morgan fingerprint density at radius 3 is 2.85 bits per heavy atom. The van der Waals surface area contributed by atoms with Crippen molar-refractivity contribution in [2.45, 2.75) is 6.10 Å². The smallest absolute Gasteiger partial charge is 0.281 e. The fourth-order valence-corrected chi connectivity index (χ4v) is 3.79. The van der Waals surface area contributed by atoms with E-state index in [1.807, 2.05) is 24.3 Å². The van der Waals surface area contributed by atoms with Gasteiger partial charge in [-0.1, -0.05) is 12.1 Å². The van der Waals surface area contributed by atoms with Gasteiger partial charge in [0.1, 0.15) is 11.9 Å². The summed E-state index contributed by atoms with van der Waals surface area (Å²) in [6.07, 6.45) is 2.81. The van der Waals surface area contributed by atoms with Crippen LogP contribution in [0.5, 0.6) is 5.75 Å². The average molecular weight is 378 g/mol. The lowest BCUT2D eigenvalue weighted by Crippen LogP contribution is -2.47. The third kappa shape index (κ3) is 3.85. The Balaban J connectivity index is 1.86. The van der Waals surface area contributed by atoms with E-state index < -0.39 is 16.3 Å². The van der Waals surface area contributed by atoms with Gasteiger partial charge >= 0.3 is 0 Å². The maximum atomic E-state index is 12.4. The van der Waals surface area contributed by atoms with Crippen molar-refractivity contribution in [2.75, 3.05) is 40.9 Å². The van der Waals surface area contributed by atoms with Crippen LogP contribution in [0.3, 0.4) is 0 Å². The lowest BCUT2D eigenvalue weighted by atomic mass is 10.1. The molecule has 0 aliphatic carbocycles. The molecule has 140 valence electrons. The van der Waals surface area contributed by atoms with Gasteiger partial charge in [-0.2, -0.15) is 17.0 Å². The molecule has 1 aromatic heterocycles. The van der Waals surface area contributed by atoms with E-state index in [2.05, 4.69) is 9.97 Å². The Labute approximate surface area is 153 Å². The molecule has 0 radical (unpaired) electrons. The molecule has 2 aromatic rings. The summed E-state index contributed by atoms with van der Waals surface area (Å²) in [6, 6.07) is 7.53. The second-order valence-electron chi connectivity index (χ2n) is 6.07. The zero-order chi connectivity index (χ0) is 18.7. The number of hydrogen-bond donors (Lipinski definition) is 0. The molecule has 26 heavy (non-hydrogen) atoms. The van der Waals surface area contributed by atoms with Crippen LogP contribution < -0.4 is 4.74 Å². The van der Waals surface area contributed by atoms with Crippen LogP contribution in [0.2, 0.25) is 0 Å². The van der Waals surface area contributed by atoms with Crippen LogP contribution in [0.4, 0.5) is 0 Å². The molecule has 1 atom stereocenters. The lowest BCUT2D eigenvalue weighted by Gasteiger charge is -2.33. The summed E-state index contributed by atoms with van der Waals surface area (Å²) >= 11 is 0. The van der Waals surface area contributed by atoms with Crippen LogP contribution in [0, 0.1) is 0 Å². The first-order valence-corrected chi connectivity index (χ1v) is 9.57. The molecule has 0 bridgehead atoms. The molecule has 0 spiro atoms. The quantitative estimate of drug-likeness (QED) is 0.780. The van der Waals surface area contributed by atoms with Gasteiger partial charge in [0, 0.05) is 32.7 Å². The highest BCUT2D eigenvalue weighted by Gasteiger charge is 2.32. The molecule has 0 saturated carbocycles. The van der Waals surface area contributed by atoms with Gasteiger partial charge in [0.15, 0.2) is 0 Å². The highest BCUT2D eigenvalue weighted by Crippen LogP contribution is 2.26. The summed E-state index contributed by atoms with van der Waals surface area (Å²) < 4.78 is 38.3. The molecule has 0 amide bonds. The van der Waals surface area contributed by atoms with Crippen molar-refractivity contribution in [1.29, 1.82) is 0 Å². The van der Waals surface area contributed by atoms with Crippen molar-refractivity contribution in [3.63, 3.8) is 0 Å². The fourth-order valence-electron chi connectivity index (χ4n) is 2.70. The first-order chi connectivity index (χ1) is 12.4. The Hall–Kier alpha value is -2.07. The van der Waals surface area contributed by atoms with Gasteiger partial charge in [-0.15, -0.1) is 0 Å². The highest BCUT2D eigenvalue weighted by molar-refractivity contribution is 7.86. The molecule has 1 aromatic carbocycles. The zero-order valence-corrected chi connectivity index (χ0v) is 15.8. The topological polar surface area (TPSA) is 84.9 Å². The van der Waals surface area contributed by atoms with E-state index in [9.17, 15) is 8.42 Å². The van der Waals surface area contributed by atoms with Crippen molar-refractivity contribution in [3.05, 3.63) is 42.4 Å². The molecular formula is C17H22N4O4S. The number of hydrogen-bond acceptors (Lipinski definition) is 6. The molecule has 2 heterocycles. The SMILES string of the molecule is COc1cccc(-c2cncc([C@@H]3CN(S(=O)(=O)N(C)C)CCO3)n2)c1. The van der Waals surface area contributed by atoms with E-state index in [4.69, 9.17) is 9.47 Å².